The van der Waals surface area contributed by atoms with Gasteiger partial charge in [0.05, 0.1) is 33.3 Å². The van der Waals surface area contributed by atoms with Crippen LogP contribution in [0.25, 0.3) is 21.1 Å². The molecule has 36 heavy (non-hydrogen) atoms. The summed E-state index contributed by atoms with van der Waals surface area (Å²) >= 11 is 1.41. The average Bonchev–Trinajstić information content (AvgIpc) is 3.25. The van der Waals surface area contributed by atoms with Gasteiger partial charge in [-0.1, -0.05) is 0 Å². The number of rotatable bonds is 6. The first-order valence-corrected chi connectivity index (χ1v) is 13.1. The first-order chi connectivity index (χ1) is 17.5. The lowest BCUT2D eigenvalue weighted by molar-refractivity contribution is 0.0635. The number of carbonyl (C=O) groups is 2. The van der Waals surface area contributed by atoms with Crippen LogP contribution in [0.5, 0.6) is 11.5 Å². The Morgan fingerprint density at radius 3 is 2.83 bits per heavy atom. The van der Waals surface area contributed by atoms with Crippen molar-refractivity contribution in [2.75, 3.05) is 20.3 Å². The minimum Gasteiger partial charge on any atom is -0.456 e. The molecule has 3 aromatic heterocycles. The molecular weight excluding hydrogens is 476 g/mol. The number of aryl methyl sites for hydroxylation is 1. The monoisotopic (exact) mass is 504 g/mol. The van der Waals surface area contributed by atoms with Crippen LogP contribution in [0.1, 0.15) is 41.0 Å². The number of thiophene rings is 1. The molecule has 1 saturated heterocycles. The molecule has 1 aromatic carbocycles. The van der Waals surface area contributed by atoms with Gasteiger partial charge < -0.3 is 19.7 Å². The molecule has 1 atom stereocenters. The first-order valence-electron chi connectivity index (χ1n) is 12.3. The van der Waals surface area contributed by atoms with E-state index in [1.54, 1.807) is 17.9 Å². The molecule has 1 aliphatic heterocycles. The number of amides is 2. The van der Waals surface area contributed by atoms with Gasteiger partial charge in [-0.3, -0.25) is 14.3 Å². The van der Waals surface area contributed by atoms with E-state index < -0.39 is 0 Å². The van der Waals surface area contributed by atoms with Crippen LogP contribution in [0.4, 0.5) is 4.79 Å². The molecule has 6 rings (SSSR count). The van der Waals surface area contributed by atoms with Crippen molar-refractivity contribution < 1.29 is 19.1 Å². The second-order valence-electron chi connectivity index (χ2n) is 9.55. The maximum Gasteiger partial charge on any atom is 0.326 e. The highest BCUT2D eigenvalue weighted by molar-refractivity contribution is 7.21. The van der Waals surface area contributed by atoms with Crippen LogP contribution >= 0.6 is 11.3 Å². The van der Waals surface area contributed by atoms with Crippen LogP contribution in [-0.2, 0) is 4.74 Å². The number of likely N-dealkylation sites (tertiary alicyclic amines) is 1. The van der Waals surface area contributed by atoms with Crippen molar-refractivity contribution in [1.29, 1.82) is 0 Å². The third-order valence-electron chi connectivity index (χ3n) is 6.88. The number of pyridine rings is 1. The fourth-order valence-corrected chi connectivity index (χ4v) is 5.99. The second kappa shape index (κ2) is 9.22. The van der Waals surface area contributed by atoms with E-state index in [0.717, 1.165) is 59.0 Å². The predicted octanol–water partition coefficient (Wildman–Crippen LogP) is 5.32. The normalized spacial score (nSPS) is 17.7. The number of hydrogen-bond donors (Lipinski definition) is 1. The van der Waals surface area contributed by atoms with Crippen molar-refractivity contribution in [3.05, 3.63) is 53.2 Å². The highest BCUT2D eigenvalue weighted by atomic mass is 32.1. The number of benzene rings is 1. The number of methoxy groups -OCH3 is 1. The van der Waals surface area contributed by atoms with E-state index in [1.807, 2.05) is 48.2 Å². The molecule has 0 bridgehead atoms. The van der Waals surface area contributed by atoms with E-state index in [9.17, 15) is 9.59 Å². The molecule has 2 aliphatic rings. The van der Waals surface area contributed by atoms with E-state index in [-0.39, 0.29) is 18.0 Å². The van der Waals surface area contributed by atoms with E-state index in [2.05, 4.69) is 10.3 Å². The fraction of sp³-hybridized carbons (Fsp3) is 0.370. The molecule has 2 amide bonds. The number of hydrogen-bond acceptors (Lipinski definition) is 6. The number of aromatic nitrogens is 2. The minimum atomic E-state index is -0.0870. The van der Waals surface area contributed by atoms with E-state index in [4.69, 9.17) is 9.47 Å². The number of ether oxygens (including phenoxy) is 2. The molecule has 4 heterocycles. The Morgan fingerprint density at radius 2 is 2.03 bits per heavy atom. The number of nitrogens with one attached hydrogen (secondary N) is 1. The number of fused-ring (bicyclic) bond motifs is 2. The summed E-state index contributed by atoms with van der Waals surface area (Å²) in [5, 5.41) is 3.99. The van der Waals surface area contributed by atoms with Gasteiger partial charge in [0.2, 0.25) is 0 Å². The molecule has 0 unspecified atom stereocenters. The molecule has 1 saturated carbocycles. The van der Waals surface area contributed by atoms with Crippen molar-refractivity contribution >= 4 is 44.4 Å². The van der Waals surface area contributed by atoms with E-state index in [0.29, 0.717) is 29.0 Å². The van der Waals surface area contributed by atoms with Crippen molar-refractivity contribution in [2.24, 2.45) is 0 Å². The largest absolute Gasteiger partial charge is 0.456 e. The van der Waals surface area contributed by atoms with E-state index >= 15 is 0 Å². The summed E-state index contributed by atoms with van der Waals surface area (Å²) in [7, 11) is 1.67. The Balaban J connectivity index is 1.27. The summed E-state index contributed by atoms with van der Waals surface area (Å²) in [5.41, 5.74) is 2.46. The first kappa shape index (κ1) is 23.0. The Morgan fingerprint density at radius 1 is 1.17 bits per heavy atom. The zero-order chi connectivity index (χ0) is 24.8. The Labute approximate surface area is 212 Å². The summed E-state index contributed by atoms with van der Waals surface area (Å²) in [6.07, 6.45) is 5.74. The second-order valence-corrected chi connectivity index (χ2v) is 10.6. The van der Waals surface area contributed by atoms with Gasteiger partial charge in [-0.2, -0.15) is 0 Å². The third kappa shape index (κ3) is 4.22. The van der Waals surface area contributed by atoms with E-state index in [1.165, 1.54) is 11.3 Å². The molecular formula is C27H28N4O4S. The van der Waals surface area contributed by atoms with Crippen molar-refractivity contribution in [1.82, 2.24) is 19.8 Å². The molecule has 1 N–H and O–H groups in total. The Kier molecular flexibility index (Phi) is 5.89. The third-order valence-corrected chi connectivity index (χ3v) is 8.00. The lowest BCUT2D eigenvalue weighted by atomic mass is 10.2. The van der Waals surface area contributed by atoms with Gasteiger partial charge >= 0.3 is 6.03 Å². The van der Waals surface area contributed by atoms with Gasteiger partial charge in [0, 0.05) is 43.0 Å². The van der Waals surface area contributed by atoms with Crippen LogP contribution in [0, 0.1) is 6.92 Å². The molecule has 0 radical (unpaired) electrons. The smallest absolute Gasteiger partial charge is 0.326 e. The van der Waals surface area contributed by atoms with Crippen LogP contribution in [0.2, 0.25) is 0 Å². The van der Waals surface area contributed by atoms with Crippen molar-refractivity contribution in [2.45, 2.75) is 44.7 Å². The van der Waals surface area contributed by atoms with Crippen LogP contribution in [0.15, 0.2) is 42.6 Å². The highest BCUT2D eigenvalue weighted by Gasteiger charge is 2.30. The van der Waals surface area contributed by atoms with Gasteiger partial charge in [-0.15, -0.1) is 11.3 Å². The summed E-state index contributed by atoms with van der Waals surface area (Å²) in [6, 6.07) is 11.7. The van der Waals surface area contributed by atoms with Gasteiger partial charge in [0.1, 0.15) is 11.5 Å². The summed E-state index contributed by atoms with van der Waals surface area (Å²) < 4.78 is 14.1. The maximum atomic E-state index is 13.3. The van der Waals surface area contributed by atoms with Gasteiger partial charge in [-0.25, -0.2) is 4.79 Å². The molecule has 9 heteroatoms. The number of carbonyl (C=O) groups excluding carboxylic acids is 2. The molecule has 0 spiro atoms. The van der Waals surface area contributed by atoms with Crippen LogP contribution in [-0.4, -0.2) is 58.7 Å². The molecule has 1 aliphatic carbocycles. The summed E-state index contributed by atoms with van der Waals surface area (Å²) in [6.45, 7) is 3.23. The zero-order valence-corrected chi connectivity index (χ0v) is 21.1. The molecule has 2 fully saturated rings. The lowest BCUT2D eigenvalue weighted by Crippen LogP contribution is -2.37. The molecule has 8 nitrogen and oxygen atoms in total. The minimum absolute atomic E-state index is 0.0196. The number of nitrogens with zero attached hydrogens (tertiary/aromatic N) is 3. The standard InChI is InChI=1S/C27H28N4O4S/c1-16-12-17-13-20(7-8-22(17)31(16)27(33)29-18-5-6-18)35-23-9-10-28-21-14-24(36-25(21)23)26(32)30-11-3-4-19(30)15-34-2/h7-10,12-14,18-19H,3-6,11,15H2,1-2H3,(H,29,33)/t19-/m0/s1. The predicted molar refractivity (Wildman–Crippen MR) is 139 cm³/mol. The SMILES string of the molecule is COC[C@@H]1CCCN1C(=O)c1cc2nccc(Oc3ccc4c(c3)cc(C)n4C(=O)NC3CC3)c2s1. The highest BCUT2D eigenvalue weighted by Crippen LogP contribution is 2.37. The fourth-order valence-electron chi connectivity index (χ4n) is 4.97. The van der Waals surface area contributed by atoms with Gasteiger partial charge in [0.25, 0.3) is 5.91 Å². The van der Waals surface area contributed by atoms with Crippen molar-refractivity contribution in [3.8, 4) is 11.5 Å². The van der Waals surface area contributed by atoms with Crippen LogP contribution < -0.4 is 10.1 Å². The molecule has 186 valence electrons. The van der Waals surface area contributed by atoms with Gasteiger partial charge in [-0.05, 0) is 62.9 Å². The quantitative estimate of drug-likeness (QED) is 0.384. The van der Waals surface area contributed by atoms with Gasteiger partial charge in [0.15, 0.2) is 0 Å². The topological polar surface area (TPSA) is 85.7 Å². The lowest BCUT2D eigenvalue weighted by Gasteiger charge is -2.23. The van der Waals surface area contributed by atoms with Crippen LogP contribution in [0.3, 0.4) is 0 Å². The Bertz CT molecular complexity index is 1470. The Hall–Kier alpha value is -3.43. The summed E-state index contributed by atoms with van der Waals surface area (Å²) in [4.78, 5) is 33.0. The average molecular weight is 505 g/mol. The molecule has 4 aromatic rings. The zero-order valence-electron chi connectivity index (χ0n) is 20.3. The van der Waals surface area contributed by atoms with Crippen molar-refractivity contribution in [3.63, 3.8) is 0 Å². The summed E-state index contributed by atoms with van der Waals surface area (Å²) in [5.74, 6) is 1.34. The maximum absolute atomic E-state index is 13.3.